The largest absolute Gasteiger partial charge is 0.152 e. The fourth-order valence-electron chi connectivity index (χ4n) is 3.64. The molecular formula is C29H46S. The molecule has 1 unspecified atom stereocenters. The summed E-state index contributed by atoms with van der Waals surface area (Å²) < 4.78 is 0. The van der Waals surface area contributed by atoms with Crippen molar-refractivity contribution in [1.82, 2.24) is 0 Å². The van der Waals surface area contributed by atoms with E-state index in [9.17, 15) is 0 Å². The molecule has 0 radical (unpaired) electrons. The highest BCUT2D eigenvalue weighted by Gasteiger charge is 1.99. The minimum atomic E-state index is 0.818. The summed E-state index contributed by atoms with van der Waals surface area (Å²) in [5, 5.41) is 4.43. The molecule has 1 heterocycles. The van der Waals surface area contributed by atoms with Crippen molar-refractivity contribution in [2.75, 3.05) is 0 Å². The number of thiophene rings is 1. The lowest BCUT2D eigenvalue weighted by molar-refractivity contribution is 0.556. The van der Waals surface area contributed by atoms with E-state index in [4.69, 9.17) is 0 Å². The molecule has 168 valence electrons. The maximum absolute atomic E-state index is 2.45. The molecule has 0 amide bonds. The van der Waals surface area contributed by atoms with Crippen LogP contribution in [0.5, 0.6) is 0 Å². The van der Waals surface area contributed by atoms with Gasteiger partial charge in [0.05, 0.1) is 0 Å². The third kappa shape index (κ3) is 13.8. The molecular weight excluding hydrogens is 380 g/mol. The quantitative estimate of drug-likeness (QED) is 0.245. The van der Waals surface area contributed by atoms with E-state index in [-0.39, 0.29) is 0 Å². The van der Waals surface area contributed by atoms with Crippen molar-refractivity contribution in [2.45, 2.75) is 106 Å². The Bertz CT molecular complexity index is 682. The highest BCUT2D eigenvalue weighted by Crippen LogP contribution is 2.17. The third-order valence-corrected chi connectivity index (χ3v) is 6.70. The van der Waals surface area contributed by atoms with Crippen molar-refractivity contribution in [3.63, 3.8) is 0 Å². The second-order valence-electron chi connectivity index (χ2n) is 9.21. The van der Waals surface area contributed by atoms with Gasteiger partial charge in [0, 0.05) is 0 Å². The average Bonchev–Trinajstić information content (AvgIpc) is 3.21. The predicted molar refractivity (Wildman–Crippen MR) is 139 cm³/mol. The van der Waals surface area contributed by atoms with Gasteiger partial charge >= 0.3 is 0 Å². The molecule has 0 aliphatic heterocycles. The van der Waals surface area contributed by atoms with Gasteiger partial charge in [-0.3, -0.25) is 0 Å². The van der Waals surface area contributed by atoms with Gasteiger partial charge in [0.2, 0.25) is 0 Å². The van der Waals surface area contributed by atoms with Crippen molar-refractivity contribution >= 4 is 11.3 Å². The molecule has 0 saturated carbocycles. The highest BCUT2D eigenvalue weighted by molar-refractivity contribution is 7.07. The Hall–Kier alpha value is -1.34. The summed E-state index contributed by atoms with van der Waals surface area (Å²) in [6.45, 7) is 13.8. The van der Waals surface area contributed by atoms with Crippen LogP contribution in [0.2, 0.25) is 0 Å². The molecule has 0 aliphatic carbocycles. The maximum atomic E-state index is 2.45. The van der Waals surface area contributed by atoms with E-state index in [1.807, 2.05) is 0 Å². The summed E-state index contributed by atoms with van der Waals surface area (Å²) in [5.74, 6) is 0.818. The third-order valence-electron chi connectivity index (χ3n) is 5.97. The lowest BCUT2D eigenvalue weighted by Crippen LogP contribution is -1.92. The van der Waals surface area contributed by atoms with Gasteiger partial charge in [-0.15, -0.1) is 0 Å². The summed E-state index contributed by atoms with van der Waals surface area (Å²) in [7, 11) is 0. The minimum Gasteiger partial charge on any atom is -0.152 e. The lowest BCUT2D eigenvalue weighted by atomic mass is 9.98. The van der Waals surface area contributed by atoms with Gasteiger partial charge in [0.15, 0.2) is 0 Å². The predicted octanol–water partition coefficient (Wildman–Crippen LogP) is 10.2. The van der Waals surface area contributed by atoms with Crippen LogP contribution in [-0.2, 0) is 6.42 Å². The second kappa shape index (κ2) is 16.4. The smallest absolute Gasteiger partial charge is 0.00611 e. The van der Waals surface area contributed by atoms with Crippen LogP contribution in [0.4, 0.5) is 0 Å². The number of hydrogen-bond donors (Lipinski definition) is 0. The first-order chi connectivity index (χ1) is 14.4. The topological polar surface area (TPSA) is 0 Å². The molecule has 0 bridgehead atoms. The molecule has 0 nitrogen and oxygen atoms in total. The standard InChI is InChI=1S/C29H46S/c1-7-24(2)22-28(6)18-10-16-26(4)14-8-12-25(3)13-9-15-27(5)17-11-19-29-20-21-30-23-29/h13-14,17-18,20-21,23-24H,7-12,15-16,19,22H2,1-6H3/b25-13+,26-14+,27-17+,28-18+. The molecule has 0 spiro atoms. The van der Waals surface area contributed by atoms with E-state index in [2.05, 4.69) is 82.7 Å². The first kappa shape index (κ1) is 26.7. The Morgan fingerprint density at radius 3 is 1.77 bits per heavy atom. The molecule has 0 aromatic carbocycles. The Morgan fingerprint density at radius 1 is 0.800 bits per heavy atom. The Morgan fingerprint density at radius 2 is 1.30 bits per heavy atom. The maximum Gasteiger partial charge on any atom is -0.00611 e. The number of aryl methyl sites for hydroxylation is 1. The lowest BCUT2D eigenvalue weighted by Gasteiger charge is -2.08. The molecule has 0 fully saturated rings. The molecule has 0 saturated heterocycles. The van der Waals surface area contributed by atoms with Crippen molar-refractivity contribution in [3.8, 4) is 0 Å². The van der Waals surface area contributed by atoms with Gasteiger partial charge in [-0.1, -0.05) is 66.9 Å². The second-order valence-corrected chi connectivity index (χ2v) is 9.99. The van der Waals surface area contributed by atoms with Crippen LogP contribution in [0.3, 0.4) is 0 Å². The van der Waals surface area contributed by atoms with E-state index in [1.54, 1.807) is 22.5 Å². The molecule has 1 atom stereocenters. The molecule has 0 N–H and O–H groups in total. The van der Waals surface area contributed by atoms with Gasteiger partial charge in [-0.25, -0.2) is 0 Å². The summed E-state index contributed by atoms with van der Waals surface area (Å²) in [6, 6.07) is 2.24. The van der Waals surface area contributed by atoms with Crippen molar-refractivity contribution < 1.29 is 0 Å². The van der Waals surface area contributed by atoms with Crippen LogP contribution in [0.15, 0.2) is 63.4 Å². The van der Waals surface area contributed by atoms with E-state index in [0.717, 1.165) is 5.92 Å². The Balaban J connectivity index is 2.20. The van der Waals surface area contributed by atoms with E-state index in [1.165, 1.54) is 80.9 Å². The minimum absolute atomic E-state index is 0.818. The average molecular weight is 427 g/mol. The highest BCUT2D eigenvalue weighted by atomic mass is 32.1. The van der Waals surface area contributed by atoms with Crippen LogP contribution in [0, 0.1) is 5.92 Å². The Kier molecular flexibility index (Phi) is 14.6. The normalized spacial score (nSPS) is 15.0. The summed E-state index contributed by atoms with van der Waals surface area (Å²) in [5.41, 5.74) is 7.64. The number of rotatable bonds is 15. The van der Waals surface area contributed by atoms with Gasteiger partial charge in [-0.2, -0.15) is 11.3 Å². The zero-order valence-corrected chi connectivity index (χ0v) is 21.4. The Labute approximate surface area is 191 Å². The molecule has 1 rings (SSSR count). The van der Waals surface area contributed by atoms with Crippen LogP contribution >= 0.6 is 11.3 Å². The molecule has 0 aliphatic rings. The van der Waals surface area contributed by atoms with Gasteiger partial charge < -0.3 is 0 Å². The first-order valence-electron chi connectivity index (χ1n) is 12.0. The van der Waals surface area contributed by atoms with Gasteiger partial charge in [0.25, 0.3) is 0 Å². The molecule has 30 heavy (non-hydrogen) atoms. The fourth-order valence-corrected chi connectivity index (χ4v) is 4.35. The first-order valence-corrected chi connectivity index (χ1v) is 13.0. The SMILES string of the molecule is CCC(C)C/C(C)=C/CC/C(C)=C/CC/C(C)=C/CC/C(C)=C/CCc1ccsc1. The van der Waals surface area contributed by atoms with Crippen LogP contribution in [-0.4, -0.2) is 0 Å². The van der Waals surface area contributed by atoms with Crippen molar-refractivity contribution in [3.05, 3.63) is 69.0 Å². The molecule has 1 aromatic rings. The summed E-state index contributed by atoms with van der Waals surface area (Å²) >= 11 is 1.80. The van der Waals surface area contributed by atoms with E-state index >= 15 is 0 Å². The summed E-state index contributed by atoms with van der Waals surface area (Å²) in [4.78, 5) is 0. The molecule has 1 aromatic heterocycles. The van der Waals surface area contributed by atoms with Crippen LogP contribution < -0.4 is 0 Å². The van der Waals surface area contributed by atoms with Crippen LogP contribution in [0.1, 0.15) is 105 Å². The monoisotopic (exact) mass is 426 g/mol. The number of allylic oxidation sites excluding steroid dienone is 8. The van der Waals surface area contributed by atoms with Gasteiger partial charge in [0.1, 0.15) is 0 Å². The zero-order chi connectivity index (χ0) is 22.2. The zero-order valence-electron chi connectivity index (χ0n) is 20.6. The van der Waals surface area contributed by atoms with Crippen LogP contribution in [0.25, 0.3) is 0 Å². The van der Waals surface area contributed by atoms with Gasteiger partial charge in [-0.05, 0) is 114 Å². The van der Waals surface area contributed by atoms with Crippen molar-refractivity contribution in [1.29, 1.82) is 0 Å². The fraction of sp³-hybridized carbons (Fsp3) is 0.586. The van der Waals surface area contributed by atoms with Crippen molar-refractivity contribution in [2.24, 2.45) is 5.92 Å². The molecule has 1 heteroatoms. The van der Waals surface area contributed by atoms with E-state index < -0.39 is 0 Å². The van der Waals surface area contributed by atoms with E-state index in [0.29, 0.717) is 0 Å². The number of hydrogen-bond acceptors (Lipinski definition) is 1. The summed E-state index contributed by atoms with van der Waals surface area (Å²) in [6.07, 6.45) is 21.8.